The number of carbonyl (C=O) groups is 1. The van der Waals surface area contributed by atoms with Crippen LogP contribution in [0.3, 0.4) is 0 Å². The minimum atomic E-state index is -4.59. The van der Waals surface area contributed by atoms with Gasteiger partial charge < -0.3 is 14.5 Å². The van der Waals surface area contributed by atoms with Crippen LogP contribution in [-0.2, 0) is 17.5 Å². The number of amides is 1. The molecule has 4 fully saturated rings. The molecule has 0 aliphatic heterocycles. The number of aromatic nitrogens is 4. The summed E-state index contributed by atoms with van der Waals surface area (Å²) in [5.41, 5.74) is -0.280. The van der Waals surface area contributed by atoms with Gasteiger partial charge in [0, 0.05) is 54.7 Å². The van der Waals surface area contributed by atoms with E-state index in [-0.39, 0.29) is 41.3 Å². The standard InChI is InChI=1S/C32H46F4N6O/c1-18(2)42-17-26(29(39-42)32(34,35)36)23-13-20(16-40-10-11-41(31(40)37)25-7-8-25)14-24(15-23)30(43)38-28(21-4-5-21)22-6-9-27(33)19(3)12-22/h10-11,17-25,27-28,37H,4-9,12-16H2,1-3H3,(H,38,43)/t19?,20?,22?,23?,24?,27?,28-/m0/s1. The predicted octanol–water partition coefficient (Wildman–Crippen LogP) is 6.77. The number of halogens is 4. The Bertz CT molecular complexity index is 1350. The maximum atomic E-state index is 14.3. The number of imidazole rings is 1. The van der Waals surface area contributed by atoms with E-state index in [2.05, 4.69) is 10.4 Å². The first-order valence-corrected chi connectivity index (χ1v) is 16.3. The first-order valence-electron chi connectivity index (χ1n) is 16.3. The molecule has 2 aromatic rings. The Balaban J connectivity index is 1.26. The maximum absolute atomic E-state index is 14.3. The van der Waals surface area contributed by atoms with E-state index < -0.39 is 29.9 Å². The molecule has 0 spiro atoms. The summed E-state index contributed by atoms with van der Waals surface area (Å²) in [6, 6.07) is 0.132. The van der Waals surface area contributed by atoms with E-state index in [1.165, 1.54) is 10.9 Å². The van der Waals surface area contributed by atoms with Gasteiger partial charge in [0.15, 0.2) is 5.69 Å². The third-order valence-electron chi connectivity index (χ3n) is 10.5. The van der Waals surface area contributed by atoms with Gasteiger partial charge in [-0.2, -0.15) is 18.3 Å². The topological polar surface area (TPSA) is 80.6 Å². The molecule has 0 radical (unpaired) electrons. The Morgan fingerprint density at radius 1 is 1.05 bits per heavy atom. The zero-order chi connectivity index (χ0) is 30.6. The molecule has 0 saturated heterocycles. The van der Waals surface area contributed by atoms with Crippen LogP contribution in [0.25, 0.3) is 0 Å². The average Bonchev–Trinajstić information content (AvgIpc) is 3.89. The summed E-state index contributed by atoms with van der Waals surface area (Å²) in [7, 11) is 0. The molecule has 2 heterocycles. The predicted molar refractivity (Wildman–Crippen MR) is 154 cm³/mol. The lowest BCUT2D eigenvalue weighted by atomic mass is 9.71. The molecule has 4 aliphatic rings. The Kier molecular flexibility index (Phi) is 8.30. The number of carbonyl (C=O) groups excluding carboxylic acids is 1. The Labute approximate surface area is 250 Å². The fraction of sp³-hybridized carbons (Fsp3) is 0.781. The van der Waals surface area contributed by atoms with Gasteiger partial charge in [0.05, 0.1) is 0 Å². The van der Waals surface area contributed by atoms with Crippen LogP contribution in [0.15, 0.2) is 18.6 Å². The lowest BCUT2D eigenvalue weighted by molar-refractivity contribution is -0.142. The second-order valence-electron chi connectivity index (χ2n) is 14.3. The van der Waals surface area contributed by atoms with E-state index >= 15 is 0 Å². The summed E-state index contributed by atoms with van der Waals surface area (Å²) in [5.74, 6) is -0.459. The normalized spacial score (nSPS) is 30.9. The van der Waals surface area contributed by atoms with Crippen molar-refractivity contribution in [2.45, 2.75) is 128 Å². The van der Waals surface area contributed by atoms with Crippen LogP contribution < -0.4 is 10.9 Å². The molecular weight excluding hydrogens is 560 g/mol. The average molecular weight is 607 g/mol. The molecule has 11 heteroatoms. The fourth-order valence-corrected chi connectivity index (χ4v) is 7.84. The molecule has 4 saturated carbocycles. The molecule has 7 nitrogen and oxygen atoms in total. The van der Waals surface area contributed by atoms with Crippen molar-refractivity contribution in [1.29, 1.82) is 5.41 Å². The molecule has 6 rings (SSSR count). The smallest absolute Gasteiger partial charge is 0.353 e. The Hall–Kier alpha value is -2.59. The largest absolute Gasteiger partial charge is 0.435 e. The van der Waals surface area contributed by atoms with Crippen LogP contribution in [0.2, 0.25) is 0 Å². The van der Waals surface area contributed by atoms with Gasteiger partial charge in [0.25, 0.3) is 0 Å². The molecule has 1 amide bonds. The molecule has 0 aromatic carbocycles. The Morgan fingerprint density at radius 2 is 1.77 bits per heavy atom. The van der Waals surface area contributed by atoms with Gasteiger partial charge in [-0.1, -0.05) is 6.92 Å². The Morgan fingerprint density at radius 3 is 2.40 bits per heavy atom. The highest BCUT2D eigenvalue weighted by atomic mass is 19.4. The second kappa shape index (κ2) is 11.7. The highest BCUT2D eigenvalue weighted by molar-refractivity contribution is 5.79. The quantitative estimate of drug-likeness (QED) is 0.309. The molecule has 4 aliphatic carbocycles. The van der Waals surface area contributed by atoms with Crippen LogP contribution in [0.1, 0.15) is 114 Å². The summed E-state index contributed by atoms with van der Waals surface area (Å²) in [5, 5.41) is 16.0. The molecule has 7 atom stereocenters. The first kappa shape index (κ1) is 30.4. The minimum absolute atomic E-state index is 0.00232. The summed E-state index contributed by atoms with van der Waals surface area (Å²) in [4.78, 5) is 14.0. The number of alkyl halides is 4. The van der Waals surface area contributed by atoms with Crippen molar-refractivity contribution in [2.24, 2.45) is 29.6 Å². The zero-order valence-corrected chi connectivity index (χ0v) is 25.5. The van der Waals surface area contributed by atoms with Crippen molar-refractivity contribution >= 4 is 5.91 Å². The van der Waals surface area contributed by atoms with E-state index in [9.17, 15) is 22.4 Å². The van der Waals surface area contributed by atoms with Gasteiger partial charge in [0.1, 0.15) is 6.17 Å². The van der Waals surface area contributed by atoms with Gasteiger partial charge in [-0.05, 0) is 108 Å². The lowest BCUT2D eigenvalue weighted by Gasteiger charge is -2.38. The van der Waals surface area contributed by atoms with Crippen LogP contribution in [0.4, 0.5) is 17.6 Å². The third kappa shape index (κ3) is 6.60. The summed E-state index contributed by atoms with van der Waals surface area (Å²) < 4.78 is 62.2. The van der Waals surface area contributed by atoms with Crippen molar-refractivity contribution in [1.82, 2.24) is 24.2 Å². The summed E-state index contributed by atoms with van der Waals surface area (Å²) in [6.07, 6.45) is 7.61. The van der Waals surface area contributed by atoms with E-state index in [1.54, 1.807) is 0 Å². The van der Waals surface area contributed by atoms with E-state index in [0.29, 0.717) is 49.8 Å². The van der Waals surface area contributed by atoms with E-state index in [4.69, 9.17) is 5.41 Å². The van der Waals surface area contributed by atoms with E-state index in [1.807, 2.05) is 42.3 Å². The number of nitrogens with one attached hydrogen (secondary N) is 2. The summed E-state index contributed by atoms with van der Waals surface area (Å²) >= 11 is 0. The van der Waals surface area contributed by atoms with Gasteiger partial charge in [0.2, 0.25) is 11.5 Å². The molecule has 238 valence electrons. The van der Waals surface area contributed by atoms with Crippen molar-refractivity contribution in [3.8, 4) is 0 Å². The lowest BCUT2D eigenvalue weighted by Crippen LogP contribution is -2.48. The molecule has 6 unspecified atom stereocenters. The number of nitrogens with zero attached hydrogens (tertiary/aromatic N) is 4. The number of hydrogen-bond donors (Lipinski definition) is 2. The van der Waals surface area contributed by atoms with Crippen molar-refractivity contribution in [2.75, 3.05) is 0 Å². The van der Waals surface area contributed by atoms with Gasteiger partial charge >= 0.3 is 6.18 Å². The second-order valence-corrected chi connectivity index (χ2v) is 14.3. The maximum Gasteiger partial charge on any atom is 0.435 e. The van der Waals surface area contributed by atoms with Gasteiger partial charge in [-0.25, -0.2) is 4.39 Å². The molecule has 0 bridgehead atoms. The minimum Gasteiger partial charge on any atom is -0.353 e. The van der Waals surface area contributed by atoms with Crippen LogP contribution in [-0.4, -0.2) is 37.0 Å². The van der Waals surface area contributed by atoms with Crippen molar-refractivity contribution in [3.05, 3.63) is 35.5 Å². The molecule has 2 N–H and O–H groups in total. The number of hydrogen-bond acceptors (Lipinski definition) is 3. The third-order valence-corrected chi connectivity index (χ3v) is 10.5. The summed E-state index contributed by atoms with van der Waals surface area (Å²) in [6.45, 7) is 6.05. The zero-order valence-electron chi connectivity index (χ0n) is 25.5. The monoisotopic (exact) mass is 606 g/mol. The van der Waals surface area contributed by atoms with Crippen LogP contribution in [0.5, 0.6) is 0 Å². The van der Waals surface area contributed by atoms with Crippen LogP contribution in [0, 0.1) is 35.0 Å². The molecule has 43 heavy (non-hydrogen) atoms. The SMILES string of the molecule is CC1CC([C@@H](NC(=O)C2CC(Cn3ccn(C4CC4)c3=N)CC(c3cn(C(C)C)nc3C(F)(F)F)C2)C2CC2)CCC1F. The number of rotatable bonds is 9. The highest BCUT2D eigenvalue weighted by Gasteiger charge is 2.45. The fourth-order valence-electron chi connectivity index (χ4n) is 7.84. The van der Waals surface area contributed by atoms with Crippen LogP contribution >= 0.6 is 0 Å². The van der Waals surface area contributed by atoms with Crippen molar-refractivity contribution < 1.29 is 22.4 Å². The van der Waals surface area contributed by atoms with Crippen molar-refractivity contribution in [3.63, 3.8) is 0 Å². The molecular formula is C32H46F4N6O. The van der Waals surface area contributed by atoms with E-state index in [0.717, 1.165) is 38.5 Å². The van der Waals surface area contributed by atoms with Gasteiger partial charge in [-0.15, -0.1) is 0 Å². The van der Waals surface area contributed by atoms with Gasteiger partial charge in [-0.3, -0.25) is 14.9 Å². The first-order chi connectivity index (χ1) is 20.4. The molecule has 2 aromatic heterocycles. The highest BCUT2D eigenvalue weighted by Crippen LogP contribution is 2.46.